The predicted octanol–water partition coefficient (Wildman–Crippen LogP) is 2.55. The fourth-order valence-electron chi connectivity index (χ4n) is 4.08. The lowest BCUT2D eigenvalue weighted by molar-refractivity contribution is 0.140. The van der Waals surface area contributed by atoms with Crippen LogP contribution in [0.15, 0.2) is 23.2 Å². The normalized spacial score (nSPS) is 19.8. The minimum atomic E-state index is -0.405. The smallest absolute Gasteiger partial charge is 0.194 e. The highest BCUT2D eigenvalue weighted by molar-refractivity contribution is 14.0. The van der Waals surface area contributed by atoms with Gasteiger partial charge in [0.25, 0.3) is 0 Å². The van der Waals surface area contributed by atoms with Crippen molar-refractivity contribution < 1.29 is 8.78 Å². The van der Waals surface area contributed by atoms with Crippen LogP contribution in [0.5, 0.6) is 0 Å². The van der Waals surface area contributed by atoms with Gasteiger partial charge in [0.15, 0.2) is 5.96 Å². The van der Waals surface area contributed by atoms with E-state index in [2.05, 4.69) is 40.9 Å². The molecule has 0 aromatic heterocycles. The molecule has 31 heavy (non-hydrogen) atoms. The number of likely N-dealkylation sites (N-methyl/N-ethyl adjacent to an activating group) is 1. The highest BCUT2D eigenvalue weighted by Crippen LogP contribution is 2.22. The summed E-state index contributed by atoms with van der Waals surface area (Å²) >= 11 is 0. The van der Waals surface area contributed by atoms with Crippen LogP contribution in [-0.4, -0.2) is 99.7 Å². The first kappa shape index (κ1) is 26.1. The lowest BCUT2D eigenvalue weighted by atomic mass is 10.1. The van der Waals surface area contributed by atoms with E-state index < -0.39 is 5.82 Å². The number of nitrogens with one attached hydrogen (secondary N) is 1. The van der Waals surface area contributed by atoms with Gasteiger partial charge in [-0.05, 0) is 32.0 Å². The zero-order valence-electron chi connectivity index (χ0n) is 19.0. The molecule has 3 rings (SSSR count). The number of aliphatic imine (C=N–C) groups is 1. The van der Waals surface area contributed by atoms with Crippen LogP contribution < -0.4 is 10.2 Å². The second kappa shape index (κ2) is 12.7. The van der Waals surface area contributed by atoms with E-state index in [1.807, 2.05) is 4.90 Å². The maximum Gasteiger partial charge on any atom is 0.194 e. The minimum Gasteiger partial charge on any atom is -0.366 e. The summed E-state index contributed by atoms with van der Waals surface area (Å²) in [5.74, 6) is 0.632. The zero-order valence-corrected chi connectivity index (χ0v) is 21.3. The first-order valence-corrected chi connectivity index (χ1v) is 11.1. The van der Waals surface area contributed by atoms with Crippen LogP contribution in [0.1, 0.15) is 13.8 Å². The summed E-state index contributed by atoms with van der Waals surface area (Å²) in [6, 6.07) is 3.64. The Morgan fingerprint density at radius 2 is 1.74 bits per heavy atom. The molecular weight excluding hydrogens is 513 g/mol. The van der Waals surface area contributed by atoms with E-state index in [1.54, 1.807) is 0 Å². The van der Waals surface area contributed by atoms with E-state index in [0.717, 1.165) is 70.9 Å². The summed E-state index contributed by atoms with van der Waals surface area (Å²) in [5.41, 5.74) is 0.345. The van der Waals surface area contributed by atoms with Gasteiger partial charge in [0.1, 0.15) is 11.6 Å². The Kier molecular flexibility index (Phi) is 10.7. The molecule has 1 atom stereocenters. The number of anilines is 1. The van der Waals surface area contributed by atoms with Gasteiger partial charge in [-0.25, -0.2) is 8.78 Å². The van der Waals surface area contributed by atoms with Gasteiger partial charge in [-0.3, -0.25) is 4.99 Å². The molecule has 0 aliphatic carbocycles. The first-order valence-electron chi connectivity index (χ1n) is 11.1. The average molecular weight is 550 g/mol. The number of nitrogens with zero attached hydrogens (tertiary/aromatic N) is 5. The third kappa shape index (κ3) is 7.71. The van der Waals surface area contributed by atoms with Crippen molar-refractivity contribution in [3.8, 4) is 0 Å². The zero-order chi connectivity index (χ0) is 21.5. The van der Waals surface area contributed by atoms with Gasteiger partial charge in [0, 0.05) is 78.1 Å². The van der Waals surface area contributed by atoms with Crippen molar-refractivity contribution in [2.45, 2.75) is 13.8 Å². The number of halogens is 3. The number of hydrogen-bond donors (Lipinski definition) is 1. The molecule has 2 heterocycles. The summed E-state index contributed by atoms with van der Waals surface area (Å²) in [6.07, 6.45) is 0. The Balaban J connectivity index is 0.00000341. The molecule has 176 valence electrons. The maximum absolute atomic E-state index is 14.1. The van der Waals surface area contributed by atoms with Crippen molar-refractivity contribution >= 4 is 35.6 Å². The van der Waals surface area contributed by atoms with Gasteiger partial charge in [0.05, 0.1) is 5.69 Å². The van der Waals surface area contributed by atoms with Crippen LogP contribution in [0.2, 0.25) is 0 Å². The molecule has 2 aliphatic rings. The van der Waals surface area contributed by atoms with Crippen LogP contribution in [-0.2, 0) is 0 Å². The lowest BCUT2D eigenvalue weighted by Gasteiger charge is -2.38. The Morgan fingerprint density at radius 3 is 2.39 bits per heavy atom. The number of piperazine rings is 2. The van der Waals surface area contributed by atoms with Gasteiger partial charge in [-0.2, -0.15) is 0 Å². The summed E-state index contributed by atoms with van der Waals surface area (Å²) in [7, 11) is 2.18. The molecule has 2 fully saturated rings. The van der Waals surface area contributed by atoms with Crippen LogP contribution in [0.3, 0.4) is 0 Å². The third-order valence-corrected chi connectivity index (χ3v) is 5.88. The lowest BCUT2D eigenvalue weighted by Crippen LogP contribution is -2.53. The van der Waals surface area contributed by atoms with Gasteiger partial charge in [0.2, 0.25) is 0 Å². The first-order chi connectivity index (χ1) is 14.5. The van der Waals surface area contributed by atoms with Crippen molar-refractivity contribution in [2.24, 2.45) is 10.9 Å². The minimum absolute atomic E-state index is 0. The molecule has 0 bridgehead atoms. The summed E-state index contributed by atoms with van der Waals surface area (Å²) in [6.45, 7) is 14.3. The Labute approximate surface area is 202 Å². The average Bonchev–Trinajstić information content (AvgIpc) is 2.75. The Hall–Kier alpha value is -1.20. The quantitative estimate of drug-likeness (QED) is 0.335. The van der Waals surface area contributed by atoms with Gasteiger partial charge < -0.3 is 24.9 Å². The SMILES string of the molecule is CCNC(=NCC(C)CN1CCN(C)CC1)N1CCN(c2cc(F)ccc2F)CC1.I. The fraction of sp³-hybridized carbons (Fsp3) is 0.682. The molecule has 1 unspecified atom stereocenters. The third-order valence-electron chi connectivity index (χ3n) is 5.88. The van der Waals surface area contributed by atoms with Crippen LogP contribution in [0.25, 0.3) is 0 Å². The van der Waals surface area contributed by atoms with E-state index >= 15 is 0 Å². The van der Waals surface area contributed by atoms with E-state index in [9.17, 15) is 8.78 Å². The number of rotatable bonds is 6. The van der Waals surface area contributed by atoms with Gasteiger partial charge in [-0.15, -0.1) is 24.0 Å². The summed E-state index contributed by atoms with van der Waals surface area (Å²) in [4.78, 5) is 13.9. The standard InChI is InChI=1S/C22H36F2N6.HI/c1-4-25-22(26-16-18(2)17-28-9-7-27(3)8-10-28)30-13-11-29(12-14-30)21-15-19(23)5-6-20(21)24;/h5-6,15,18H,4,7-14,16-17H2,1-3H3,(H,25,26);1H. The largest absolute Gasteiger partial charge is 0.366 e. The summed E-state index contributed by atoms with van der Waals surface area (Å²) < 4.78 is 27.6. The van der Waals surface area contributed by atoms with Crippen LogP contribution in [0.4, 0.5) is 14.5 Å². The van der Waals surface area contributed by atoms with Gasteiger partial charge >= 0.3 is 0 Å². The van der Waals surface area contributed by atoms with Crippen molar-refractivity contribution in [3.05, 3.63) is 29.8 Å². The van der Waals surface area contributed by atoms with Gasteiger partial charge in [-0.1, -0.05) is 6.92 Å². The molecule has 0 spiro atoms. The van der Waals surface area contributed by atoms with Crippen molar-refractivity contribution in [2.75, 3.05) is 83.9 Å². The molecule has 2 saturated heterocycles. The topological polar surface area (TPSA) is 37.4 Å². The molecule has 0 radical (unpaired) electrons. The molecule has 0 amide bonds. The molecule has 9 heteroatoms. The number of hydrogen-bond acceptors (Lipinski definition) is 4. The summed E-state index contributed by atoms with van der Waals surface area (Å²) in [5, 5.41) is 3.40. The van der Waals surface area contributed by atoms with E-state index in [-0.39, 0.29) is 29.8 Å². The number of guanidine groups is 1. The van der Waals surface area contributed by atoms with Crippen LogP contribution >= 0.6 is 24.0 Å². The Bertz CT molecular complexity index is 703. The number of benzene rings is 1. The van der Waals surface area contributed by atoms with E-state index in [0.29, 0.717) is 24.7 Å². The van der Waals surface area contributed by atoms with E-state index in [1.165, 1.54) is 12.1 Å². The molecular formula is C22H37F2IN6. The highest BCUT2D eigenvalue weighted by atomic mass is 127. The molecule has 2 aliphatic heterocycles. The van der Waals surface area contributed by atoms with Crippen molar-refractivity contribution in [1.29, 1.82) is 0 Å². The molecule has 1 aromatic rings. The highest BCUT2D eigenvalue weighted by Gasteiger charge is 2.22. The molecule has 1 N–H and O–H groups in total. The monoisotopic (exact) mass is 550 g/mol. The Morgan fingerprint density at radius 1 is 1.06 bits per heavy atom. The second-order valence-corrected chi connectivity index (χ2v) is 8.47. The molecule has 1 aromatic carbocycles. The maximum atomic E-state index is 14.1. The molecule has 0 saturated carbocycles. The molecule has 6 nitrogen and oxygen atoms in total. The van der Waals surface area contributed by atoms with Crippen molar-refractivity contribution in [3.63, 3.8) is 0 Å². The fourth-order valence-corrected chi connectivity index (χ4v) is 4.08. The predicted molar refractivity (Wildman–Crippen MR) is 135 cm³/mol. The van der Waals surface area contributed by atoms with Crippen molar-refractivity contribution in [1.82, 2.24) is 20.0 Å². The van der Waals surface area contributed by atoms with Crippen LogP contribution in [0, 0.1) is 17.6 Å². The second-order valence-electron chi connectivity index (χ2n) is 8.47. The van der Waals surface area contributed by atoms with E-state index in [4.69, 9.17) is 4.99 Å².